The molecule has 0 amide bonds. The topological polar surface area (TPSA) is 48.5 Å². The Morgan fingerprint density at radius 3 is 1.23 bits per heavy atom. The molecular weight excluding hydrogens is 1080 g/mol. The Kier molecular flexibility index (Phi) is 13.3. The van der Waals surface area contributed by atoms with Gasteiger partial charge in [0, 0.05) is 45.1 Å². The number of aromatic nitrogens is 5. The van der Waals surface area contributed by atoms with E-state index < -0.39 is 0 Å². The minimum absolute atomic E-state index is 0. The van der Waals surface area contributed by atoms with Gasteiger partial charge in [-0.15, -0.1) is 83.4 Å². The van der Waals surface area contributed by atoms with Crippen molar-refractivity contribution in [2.24, 2.45) is 14.1 Å². The second-order valence-corrected chi connectivity index (χ2v) is 18.5. The minimum atomic E-state index is 0. The van der Waals surface area contributed by atoms with Crippen LogP contribution in [-0.2, 0) is 34.2 Å². The summed E-state index contributed by atoms with van der Waals surface area (Å²) in [6.45, 7) is 2.07. The smallest absolute Gasteiger partial charge is 0.373 e. The zero-order valence-electron chi connectivity index (χ0n) is 41.1. The number of hydrogen-bond donors (Lipinski definition) is 0. The molecule has 0 bridgehead atoms. The normalized spacial score (nSPS) is 11.1. The third-order valence-electron chi connectivity index (χ3n) is 13.8. The summed E-state index contributed by atoms with van der Waals surface area (Å²) in [5.41, 5.74) is 22.6. The summed E-state index contributed by atoms with van der Waals surface area (Å²) in [7, 11) is 4.02. The van der Waals surface area contributed by atoms with Gasteiger partial charge < -0.3 is 14.1 Å². The summed E-state index contributed by atoms with van der Waals surface area (Å²) in [6, 6.07) is 84.8. The largest absolute Gasteiger partial charge is 3.00 e. The van der Waals surface area contributed by atoms with E-state index in [2.05, 4.69) is 241 Å². The van der Waals surface area contributed by atoms with Crippen LogP contribution in [0.25, 0.3) is 123 Å². The van der Waals surface area contributed by atoms with E-state index >= 15 is 0 Å². The molecule has 12 rings (SSSR count). The molecule has 5 nitrogen and oxygen atoms in total. The Balaban J connectivity index is 0.00000588. The van der Waals surface area contributed by atoms with E-state index in [1.54, 1.807) is 0 Å². The van der Waals surface area contributed by atoms with Gasteiger partial charge in [0.05, 0.1) is 11.6 Å². The van der Waals surface area contributed by atoms with Crippen LogP contribution in [0.5, 0.6) is 0 Å². The maximum atomic E-state index is 4.84. The molecular formula is C68H48IrN5. The molecule has 0 saturated carbocycles. The molecule has 0 atom stereocenters. The summed E-state index contributed by atoms with van der Waals surface area (Å²) in [6.07, 6.45) is 9.49. The van der Waals surface area contributed by atoms with E-state index in [1.165, 1.54) is 11.1 Å². The van der Waals surface area contributed by atoms with Crippen LogP contribution in [0.4, 0.5) is 0 Å². The predicted molar refractivity (Wildman–Crippen MR) is 299 cm³/mol. The third kappa shape index (κ3) is 9.41. The quantitative estimate of drug-likeness (QED) is 0.121. The minimum Gasteiger partial charge on any atom is -0.373 e. The van der Waals surface area contributed by atoms with Gasteiger partial charge in [0.25, 0.3) is 0 Å². The predicted octanol–water partition coefficient (Wildman–Crippen LogP) is 16.6. The average Bonchev–Trinajstić information content (AvgIpc) is 4.10. The molecule has 0 N–H and O–H groups in total. The second kappa shape index (κ2) is 20.7. The number of pyridine rings is 1. The van der Waals surface area contributed by atoms with Crippen LogP contribution in [-0.4, -0.2) is 24.1 Å². The Morgan fingerprint density at radius 2 is 0.770 bits per heavy atom. The van der Waals surface area contributed by atoms with Crippen molar-refractivity contribution in [2.45, 2.75) is 6.92 Å². The first kappa shape index (κ1) is 47.5. The van der Waals surface area contributed by atoms with Gasteiger partial charge in [0.1, 0.15) is 0 Å². The maximum Gasteiger partial charge on any atom is 3.00 e. The van der Waals surface area contributed by atoms with Crippen molar-refractivity contribution in [1.82, 2.24) is 24.1 Å². The number of rotatable bonds is 11. The van der Waals surface area contributed by atoms with Crippen molar-refractivity contribution in [1.29, 1.82) is 0 Å². The molecule has 74 heavy (non-hydrogen) atoms. The van der Waals surface area contributed by atoms with Gasteiger partial charge in [-0.05, 0) is 86.5 Å². The first-order chi connectivity index (χ1) is 35.9. The number of nitrogens with zero attached hydrogens (tertiary/aromatic N) is 5. The molecule has 0 radical (unpaired) electrons. The first-order valence-corrected chi connectivity index (χ1v) is 24.5. The van der Waals surface area contributed by atoms with Crippen LogP contribution in [0.2, 0.25) is 0 Å². The van der Waals surface area contributed by atoms with Crippen molar-refractivity contribution in [3.63, 3.8) is 0 Å². The fourth-order valence-electron chi connectivity index (χ4n) is 9.95. The van der Waals surface area contributed by atoms with Crippen molar-refractivity contribution < 1.29 is 20.1 Å². The second-order valence-electron chi connectivity index (χ2n) is 18.5. The summed E-state index contributed by atoms with van der Waals surface area (Å²) < 4.78 is 4.04. The summed E-state index contributed by atoms with van der Waals surface area (Å²) in [5, 5.41) is 0. The van der Waals surface area contributed by atoms with Crippen LogP contribution in [0.3, 0.4) is 0 Å². The van der Waals surface area contributed by atoms with Crippen molar-refractivity contribution in [2.75, 3.05) is 0 Å². The Morgan fingerprint density at radius 1 is 0.338 bits per heavy atom. The number of hydrogen-bond acceptors (Lipinski definition) is 3. The molecule has 0 aliphatic heterocycles. The number of imidazole rings is 2. The van der Waals surface area contributed by atoms with Crippen LogP contribution in [0.1, 0.15) is 5.56 Å². The van der Waals surface area contributed by atoms with Gasteiger partial charge >= 0.3 is 20.1 Å². The van der Waals surface area contributed by atoms with E-state index in [0.717, 1.165) is 117 Å². The number of benzene rings is 9. The van der Waals surface area contributed by atoms with E-state index in [9.17, 15) is 0 Å². The van der Waals surface area contributed by atoms with Crippen molar-refractivity contribution >= 4 is 0 Å². The molecule has 3 heterocycles. The Bertz CT molecular complexity index is 3760. The van der Waals surface area contributed by atoms with E-state index in [0.29, 0.717) is 0 Å². The zero-order chi connectivity index (χ0) is 49.3. The molecule has 0 fully saturated rings. The van der Waals surface area contributed by atoms with E-state index in [1.807, 2.05) is 54.2 Å². The Labute approximate surface area is 446 Å². The fourth-order valence-corrected chi connectivity index (χ4v) is 9.95. The van der Waals surface area contributed by atoms with E-state index in [-0.39, 0.29) is 20.1 Å². The molecule has 6 heteroatoms. The fraction of sp³-hybridized carbons (Fsp3) is 0.0441. The van der Waals surface area contributed by atoms with Crippen molar-refractivity contribution in [3.05, 3.63) is 261 Å². The Hall–Kier alpha value is -8.80. The van der Waals surface area contributed by atoms with Crippen LogP contribution >= 0.6 is 0 Å². The molecule has 3 aromatic heterocycles. The van der Waals surface area contributed by atoms with Gasteiger partial charge in [-0.1, -0.05) is 178 Å². The van der Waals surface area contributed by atoms with Crippen LogP contribution in [0, 0.1) is 25.1 Å². The number of aryl methyl sites for hydroxylation is 3. The molecule has 0 saturated heterocycles. The summed E-state index contributed by atoms with van der Waals surface area (Å²) in [4.78, 5) is 14.0. The molecule has 0 aliphatic carbocycles. The van der Waals surface area contributed by atoms with Crippen LogP contribution < -0.4 is 0 Å². The monoisotopic (exact) mass is 1130 g/mol. The van der Waals surface area contributed by atoms with E-state index in [4.69, 9.17) is 4.98 Å². The van der Waals surface area contributed by atoms with Gasteiger partial charge in [-0.2, -0.15) is 0 Å². The molecule has 12 aromatic rings. The molecule has 354 valence electrons. The van der Waals surface area contributed by atoms with Crippen LogP contribution in [0.15, 0.2) is 237 Å². The third-order valence-corrected chi connectivity index (χ3v) is 13.8. The van der Waals surface area contributed by atoms with Gasteiger partial charge in [0.2, 0.25) is 0 Å². The zero-order valence-corrected chi connectivity index (χ0v) is 43.5. The standard InChI is InChI=1S/C68H48N5.Ir/c1-46-21-36-66(71-45-46)54-34-35-64(65(44-54)51-24-22-48(23-25-51)47-13-5-4-6-14-47)63-20-12-11-19-62(63)57-42-55(60-17-9-7-15-58(60)49-26-30-52(31-27-49)67-69-37-39-72(67)2)41-56(43-57)61-18-10-8-16-59(61)50-28-32-53(33-29-50)68-70-38-40-73(68)3;/h4-30,32,35-45H,1-3H3;/q-3;+3. The summed E-state index contributed by atoms with van der Waals surface area (Å²) in [5.74, 6) is 1.76. The van der Waals surface area contributed by atoms with Gasteiger partial charge in [-0.25, -0.2) is 0 Å². The maximum absolute atomic E-state index is 4.84. The average molecular weight is 1130 g/mol. The molecule has 0 unspecified atom stereocenters. The summed E-state index contributed by atoms with van der Waals surface area (Å²) >= 11 is 0. The molecule has 9 aromatic carbocycles. The van der Waals surface area contributed by atoms with Gasteiger partial charge in [-0.3, -0.25) is 9.97 Å². The molecule has 0 spiro atoms. The van der Waals surface area contributed by atoms with Gasteiger partial charge in [0.15, 0.2) is 0 Å². The van der Waals surface area contributed by atoms with Crippen molar-refractivity contribution in [3.8, 4) is 123 Å². The molecule has 0 aliphatic rings. The first-order valence-electron chi connectivity index (χ1n) is 24.5. The SMILES string of the molecule is Cc1ccc(-c2[c-]cc(-c3ccccc3-c3cc(-c4ccccc4-c4c[c-]c(-c5nccn5C)cc4)cc(-c4ccccc4-c4c[c-]c(-c5nccn5C)cc4)c3)c(-c3ccc(-c4ccccc4)cc3)c2)nc1.[Ir+3].